The largest absolute Gasteiger partial charge is 0.312 e. The Morgan fingerprint density at radius 2 is 1.42 bits per heavy atom. The number of nitrogens with one attached hydrogen (secondary N) is 5. The van der Waals surface area contributed by atoms with Gasteiger partial charge in [0, 0.05) is 37.3 Å². The summed E-state index contributed by atoms with van der Waals surface area (Å²) in [4.78, 5) is 0. The van der Waals surface area contributed by atoms with E-state index in [1.165, 1.54) is 70.8 Å². The molecular formula is C27H46N6. The zero-order chi connectivity index (χ0) is 22.6. The molecule has 6 rings (SSSR count). The number of nitrogens with zero attached hydrogens (tertiary/aromatic N) is 1. The molecule has 0 aromatic carbocycles. The molecule has 6 nitrogen and oxygen atoms in total. The van der Waals surface area contributed by atoms with E-state index in [-0.39, 0.29) is 5.41 Å². The van der Waals surface area contributed by atoms with Crippen molar-refractivity contribution in [3.63, 3.8) is 0 Å². The molecule has 0 spiro atoms. The molecule has 5 N–H and O–H groups in total. The molecule has 0 amide bonds. The molecule has 9 unspecified atom stereocenters. The first-order valence-electron chi connectivity index (χ1n) is 14.2. The number of fused-ring (bicyclic) bond motifs is 4. The van der Waals surface area contributed by atoms with Crippen molar-refractivity contribution in [2.45, 2.75) is 102 Å². The van der Waals surface area contributed by atoms with E-state index in [2.05, 4.69) is 46.9 Å². The van der Waals surface area contributed by atoms with Crippen molar-refractivity contribution in [2.75, 3.05) is 13.1 Å². The van der Waals surface area contributed by atoms with Crippen LogP contribution in [0.25, 0.3) is 0 Å². The van der Waals surface area contributed by atoms with Crippen LogP contribution in [0.4, 0.5) is 0 Å². The molecule has 3 heterocycles. The van der Waals surface area contributed by atoms with Gasteiger partial charge < -0.3 is 5.32 Å². The zero-order valence-electron chi connectivity index (χ0n) is 20.8. The van der Waals surface area contributed by atoms with Gasteiger partial charge in [0.25, 0.3) is 0 Å². The molecule has 0 aromatic heterocycles. The Labute approximate surface area is 200 Å². The summed E-state index contributed by atoms with van der Waals surface area (Å²) in [6.07, 6.45) is 13.5. The predicted molar refractivity (Wildman–Crippen MR) is 131 cm³/mol. The quantitative estimate of drug-likeness (QED) is 0.451. The van der Waals surface area contributed by atoms with E-state index in [9.17, 15) is 5.26 Å². The molecule has 6 heteroatoms. The highest BCUT2D eigenvalue weighted by atomic mass is 15.4. The van der Waals surface area contributed by atoms with Gasteiger partial charge in [0.2, 0.25) is 0 Å². The van der Waals surface area contributed by atoms with Crippen LogP contribution in [-0.4, -0.2) is 37.3 Å². The SMILES string of the molecule is CC(C)(C#N)C1CCC(C2NNC3CNC4CCC(C5CCC6CNNC6C5)CC4C32)CC1. The molecule has 6 fully saturated rings. The Hall–Kier alpha value is -0.710. The maximum atomic E-state index is 9.60. The highest BCUT2D eigenvalue weighted by molar-refractivity contribution is 5.08. The minimum Gasteiger partial charge on any atom is -0.312 e. The second-order valence-corrected chi connectivity index (χ2v) is 13.2. The summed E-state index contributed by atoms with van der Waals surface area (Å²) in [6.45, 7) is 6.59. The van der Waals surface area contributed by atoms with Crippen molar-refractivity contribution in [3.05, 3.63) is 0 Å². The van der Waals surface area contributed by atoms with Crippen LogP contribution >= 0.6 is 0 Å². The number of nitriles is 1. The average molecular weight is 455 g/mol. The van der Waals surface area contributed by atoms with Crippen LogP contribution in [0.2, 0.25) is 0 Å². The highest BCUT2D eigenvalue weighted by Gasteiger charge is 2.52. The van der Waals surface area contributed by atoms with E-state index in [1.54, 1.807) is 0 Å². The standard InChI is InChI=1S/C27H46N6/c1-27(2,15-28)20-8-5-16(6-9-20)26-25-21-11-17(7-10-22(21)29-14-24(25)32-33-26)18-3-4-19-13-30-31-23(19)12-18/h16-26,29-33H,3-14H2,1-2H3. The zero-order valence-corrected chi connectivity index (χ0v) is 20.8. The molecular weight excluding hydrogens is 408 g/mol. The molecule has 9 atom stereocenters. The maximum Gasteiger partial charge on any atom is 0.0686 e. The van der Waals surface area contributed by atoms with Gasteiger partial charge in [-0.3, -0.25) is 21.7 Å². The van der Waals surface area contributed by atoms with E-state index < -0.39 is 0 Å². The Morgan fingerprint density at radius 3 is 2.24 bits per heavy atom. The molecule has 0 aromatic rings. The highest BCUT2D eigenvalue weighted by Crippen LogP contribution is 2.49. The van der Waals surface area contributed by atoms with Crippen molar-refractivity contribution < 1.29 is 0 Å². The maximum absolute atomic E-state index is 9.60. The van der Waals surface area contributed by atoms with Gasteiger partial charge in [0.1, 0.15) is 0 Å². The minimum absolute atomic E-state index is 0.173. The summed E-state index contributed by atoms with van der Waals surface area (Å²) in [5.74, 6) is 5.63. The van der Waals surface area contributed by atoms with Crippen molar-refractivity contribution >= 4 is 0 Å². The van der Waals surface area contributed by atoms with Crippen LogP contribution in [0.15, 0.2) is 0 Å². The smallest absolute Gasteiger partial charge is 0.0686 e. The monoisotopic (exact) mass is 454 g/mol. The lowest BCUT2D eigenvalue weighted by Crippen LogP contribution is -2.58. The lowest BCUT2D eigenvalue weighted by atomic mass is 9.59. The lowest BCUT2D eigenvalue weighted by Gasteiger charge is -2.50. The topological polar surface area (TPSA) is 83.9 Å². The summed E-state index contributed by atoms with van der Waals surface area (Å²) >= 11 is 0. The third-order valence-electron chi connectivity index (χ3n) is 11.3. The molecule has 3 saturated carbocycles. The Kier molecular flexibility index (Phi) is 6.24. The number of rotatable bonds is 3. The van der Waals surface area contributed by atoms with Gasteiger partial charge in [-0.25, -0.2) is 0 Å². The summed E-state index contributed by atoms with van der Waals surface area (Å²) in [7, 11) is 0. The Bertz CT molecular complexity index is 739. The molecule has 184 valence electrons. The second kappa shape index (κ2) is 9.06. The fraction of sp³-hybridized carbons (Fsp3) is 0.963. The van der Waals surface area contributed by atoms with Crippen molar-refractivity contribution in [1.29, 1.82) is 5.26 Å². The van der Waals surface area contributed by atoms with Crippen molar-refractivity contribution in [3.8, 4) is 6.07 Å². The third-order valence-corrected chi connectivity index (χ3v) is 11.3. The first-order chi connectivity index (χ1) is 16.0. The van der Waals surface area contributed by atoms with Crippen LogP contribution < -0.4 is 27.0 Å². The van der Waals surface area contributed by atoms with Crippen LogP contribution in [0, 0.1) is 58.2 Å². The first-order valence-corrected chi connectivity index (χ1v) is 14.2. The third kappa shape index (κ3) is 4.16. The van der Waals surface area contributed by atoms with Crippen LogP contribution in [0.1, 0.15) is 78.1 Å². The second-order valence-electron chi connectivity index (χ2n) is 13.2. The summed E-state index contributed by atoms with van der Waals surface area (Å²) in [5, 5.41) is 13.6. The molecule has 33 heavy (non-hydrogen) atoms. The summed E-state index contributed by atoms with van der Waals surface area (Å²) in [5.41, 5.74) is 14.4. The first kappa shape index (κ1) is 22.7. The normalized spacial score (nSPS) is 50.2. The summed E-state index contributed by atoms with van der Waals surface area (Å²) < 4.78 is 0. The summed E-state index contributed by atoms with van der Waals surface area (Å²) in [6, 6.07) is 5.22. The van der Waals surface area contributed by atoms with Gasteiger partial charge in [0.05, 0.1) is 11.5 Å². The molecule has 3 aliphatic carbocycles. The van der Waals surface area contributed by atoms with Gasteiger partial charge >= 0.3 is 0 Å². The predicted octanol–water partition coefficient (Wildman–Crippen LogP) is 3.08. The molecule has 6 aliphatic rings. The fourth-order valence-corrected chi connectivity index (χ4v) is 9.18. The number of piperidine rings is 1. The van der Waals surface area contributed by atoms with Crippen LogP contribution in [0.5, 0.6) is 0 Å². The van der Waals surface area contributed by atoms with Gasteiger partial charge in [-0.2, -0.15) is 5.26 Å². The Balaban J connectivity index is 1.12. The molecule has 3 saturated heterocycles. The van der Waals surface area contributed by atoms with Crippen LogP contribution in [-0.2, 0) is 0 Å². The van der Waals surface area contributed by atoms with E-state index in [1.807, 2.05) is 0 Å². The van der Waals surface area contributed by atoms with Crippen LogP contribution in [0.3, 0.4) is 0 Å². The number of hydrazine groups is 2. The van der Waals surface area contributed by atoms with E-state index >= 15 is 0 Å². The molecule has 0 bridgehead atoms. The lowest BCUT2D eigenvalue weighted by molar-refractivity contribution is 0.0397. The van der Waals surface area contributed by atoms with E-state index in [4.69, 9.17) is 0 Å². The van der Waals surface area contributed by atoms with Crippen molar-refractivity contribution in [1.82, 2.24) is 27.0 Å². The minimum atomic E-state index is -0.173. The van der Waals surface area contributed by atoms with Gasteiger partial charge in [-0.1, -0.05) is 0 Å². The Morgan fingerprint density at radius 1 is 0.697 bits per heavy atom. The van der Waals surface area contributed by atoms with Gasteiger partial charge in [-0.05, 0) is 119 Å². The number of hydrogen-bond donors (Lipinski definition) is 5. The average Bonchev–Trinajstić information content (AvgIpc) is 3.50. The molecule has 3 aliphatic heterocycles. The van der Waals surface area contributed by atoms with E-state index in [0.29, 0.717) is 24.0 Å². The number of hydrogen-bond acceptors (Lipinski definition) is 6. The molecule has 0 radical (unpaired) electrons. The van der Waals surface area contributed by atoms with E-state index in [0.717, 1.165) is 48.1 Å². The fourth-order valence-electron chi connectivity index (χ4n) is 9.18. The van der Waals surface area contributed by atoms with Crippen molar-refractivity contribution in [2.24, 2.45) is 46.8 Å². The van der Waals surface area contributed by atoms with Gasteiger partial charge in [0.15, 0.2) is 0 Å². The van der Waals surface area contributed by atoms with Gasteiger partial charge in [-0.15, -0.1) is 0 Å².